The number of nitrogens with one attached hydrogen (secondary N) is 1. The van der Waals surface area contributed by atoms with Gasteiger partial charge >= 0.3 is 0 Å². The lowest BCUT2D eigenvalue weighted by Crippen LogP contribution is -2.23. The molecule has 8 heteroatoms. The fourth-order valence-corrected chi connectivity index (χ4v) is 5.24. The van der Waals surface area contributed by atoms with Gasteiger partial charge in [0.05, 0.1) is 10.4 Å². The maximum Gasteiger partial charge on any atom is 0.229 e. The normalized spacial score (nSPS) is 15.7. The number of rotatable bonds is 4. The minimum Gasteiger partial charge on any atom is -0.367 e. The van der Waals surface area contributed by atoms with Crippen molar-refractivity contribution >= 4 is 32.2 Å². The van der Waals surface area contributed by atoms with Gasteiger partial charge in [-0.25, -0.2) is 13.4 Å². The zero-order valence-electron chi connectivity index (χ0n) is 15.8. The number of sulfone groups is 1. The highest BCUT2D eigenvalue weighted by Gasteiger charge is 2.27. The van der Waals surface area contributed by atoms with Crippen molar-refractivity contribution in [3.8, 4) is 0 Å². The van der Waals surface area contributed by atoms with Crippen LogP contribution in [0.25, 0.3) is 16.6 Å². The molecule has 0 saturated heterocycles. The molecule has 0 unspecified atom stereocenters. The Bertz CT molecular complexity index is 1280. The Kier molecular flexibility index (Phi) is 4.43. The first-order valence-electron chi connectivity index (χ1n) is 9.85. The number of benzene rings is 2. The van der Waals surface area contributed by atoms with Crippen LogP contribution in [0.4, 0.5) is 5.82 Å². The molecule has 0 amide bonds. The summed E-state index contributed by atoms with van der Waals surface area (Å²) in [6, 6.07) is 16.3. The van der Waals surface area contributed by atoms with Gasteiger partial charge < -0.3 is 5.32 Å². The van der Waals surface area contributed by atoms with Crippen molar-refractivity contribution in [3.05, 3.63) is 54.6 Å². The fraction of sp³-hybridized carbons (Fsp3) is 0.286. The molecule has 29 heavy (non-hydrogen) atoms. The second-order valence-corrected chi connectivity index (χ2v) is 9.27. The van der Waals surface area contributed by atoms with Crippen molar-refractivity contribution in [1.29, 1.82) is 0 Å². The number of fused-ring (bicyclic) bond motifs is 3. The highest BCUT2D eigenvalue weighted by molar-refractivity contribution is 7.91. The predicted octanol–water partition coefficient (Wildman–Crippen LogP) is 3.85. The van der Waals surface area contributed by atoms with Crippen LogP contribution in [-0.2, 0) is 9.84 Å². The van der Waals surface area contributed by atoms with E-state index in [0.717, 1.165) is 23.7 Å². The minimum atomic E-state index is -3.83. The molecule has 1 fully saturated rings. The molecule has 7 nitrogen and oxygen atoms in total. The summed E-state index contributed by atoms with van der Waals surface area (Å²) >= 11 is 0. The van der Waals surface area contributed by atoms with Crippen molar-refractivity contribution in [2.24, 2.45) is 0 Å². The van der Waals surface area contributed by atoms with Gasteiger partial charge in [0.25, 0.3) is 0 Å². The summed E-state index contributed by atoms with van der Waals surface area (Å²) in [4.78, 5) is 4.88. The number of aromatic nitrogens is 4. The van der Waals surface area contributed by atoms with E-state index in [9.17, 15) is 8.42 Å². The molecule has 148 valence electrons. The molecule has 0 atom stereocenters. The van der Waals surface area contributed by atoms with Crippen LogP contribution in [0.2, 0.25) is 0 Å². The molecule has 0 spiro atoms. The SMILES string of the molecule is O=S(=O)(c1ccccc1)c1nnn2c1nc(NC1CCCCC1)c1ccccc12. The average molecular weight is 407 g/mol. The molecule has 2 aromatic carbocycles. The minimum absolute atomic E-state index is 0.124. The highest BCUT2D eigenvalue weighted by atomic mass is 32.2. The molecule has 1 saturated carbocycles. The summed E-state index contributed by atoms with van der Waals surface area (Å²) in [5.41, 5.74) is 1.02. The first kappa shape index (κ1) is 18.1. The van der Waals surface area contributed by atoms with Crippen LogP contribution in [0.5, 0.6) is 0 Å². The van der Waals surface area contributed by atoms with Crippen LogP contribution < -0.4 is 5.32 Å². The van der Waals surface area contributed by atoms with Gasteiger partial charge in [-0.1, -0.05) is 54.8 Å². The molecule has 1 aliphatic carbocycles. The first-order chi connectivity index (χ1) is 14.1. The Morgan fingerprint density at radius 1 is 0.931 bits per heavy atom. The van der Waals surface area contributed by atoms with Crippen LogP contribution >= 0.6 is 0 Å². The van der Waals surface area contributed by atoms with E-state index in [1.807, 2.05) is 24.3 Å². The van der Waals surface area contributed by atoms with Crippen LogP contribution in [0, 0.1) is 0 Å². The zero-order chi connectivity index (χ0) is 19.8. The quantitative estimate of drug-likeness (QED) is 0.553. The molecular weight excluding hydrogens is 386 g/mol. The molecule has 1 N–H and O–H groups in total. The maximum atomic E-state index is 13.2. The predicted molar refractivity (Wildman–Crippen MR) is 111 cm³/mol. The van der Waals surface area contributed by atoms with Crippen molar-refractivity contribution in [2.75, 3.05) is 5.32 Å². The number of para-hydroxylation sites is 1. The second-order valence-electron chi connectivity index (χ2n) is 7.40. The molecule has 0 radical (unpaired) electrons. The Hall–Kier alpha value is -3.00. The van der Waals surface area contributed by atoms with Crippen LogP contribution in [0.15, 0.2) is 64.5 Å². The Balaban J connectivity index is 1.70. The molecule has 2 heterocycles. The molecule has 0 bridgehead atoms. The smallest absolute Gasteiger partial charge is 0.229 e. The van der Waals surface area contributed by atoms with E-state index in [1.54, 1.807) is 30.3 Å². The number of hydrogen-bond donors (Lipinski definition) is 1. The Morgan fingerprint density at radius 3 is 2.45 bits per heavy atom. The van der Waals surface area contributed by atoms with Gasteiger partial charge in [-0.3, -0.25) is 0 Å². The monoisotopic (exact) mass is 407 g/mol. The number of nitrogens with zero attached hydrogens (tertiary/aromatic N) is 4. The van der Waals surface area contributed by atoms with E-state index in [1.165, 1.54) is 23.8 Å². The largest absolute Gasteiger partial charge is 0.367 e. The van der Waals surface area contributed by atoms with Gasteiger partial charge in [0, 0.05) is 11.4 Å². The van der Waals surface area contributed by atoms with E-state index in [2.05, 4.69) is 15.6 Å². The molecular formula is C21H21N5O2S. The Labute approximate surface area is 168 Å². The van der Waals surface area contributed by atoms with Gasteiger partial charge in [0.2, 0.25) is 14.9 Å². The van der Waals surface area contributed by atoms with Crippen LogP contribution in [0.3, 0.4) is 0 Å². The highest BCUT2D eigenvalue weighted by Crippen LogP contribution is 2.29. The summed E-state index contributed by atoms with van der Waals surface area (Å²) in [6.45, 7) is 0. The molecule has 4 aromatic rings. The summed E-state index contributed by atoms with van der Waals surface area (Å²) in [5.74, 6) is 0.687. The third kappa shape index (κ3) is 3.13. The van der Waals surface area contributed by atoms with Crippen molar-refractivity contribution < 1.29 is 8.42 Å². The van der Waals surface area contributed by atoms with Gasteiger partial charge in [0.15, 0.2) is 5.65 Å². The Morgan fingerprint density at radius 2 is 1.66 bits per heavy atom. The lowest BCUT2D eigenvalue weighted by Gasteiger charge is -2.24. The average Bonchev–Trinajstić information content (AvgIpc) is 3.20. The summed E-state index contributed by atoms with van der Waals surface area (Å²) < 4.78 is 27.9. The van der Waals surface area contributed by atoms with E-state index >= 15 is 0 Å². The lowest BCUT2D eigenvalue weighted by molar-refractivity contribution is 0.462. The van der Waals surface area contributed by atoms with E-state index in [-0.39, 0.29) is 15.6 Å². The van der Waals surface area contributed by atoms with Crippen molar-refractivity contribution in [1.82, 2.24) is 19.8 Å². The standard InChI is InChI=1S/C21H21N5O2S/c27-29(28,16-11-5-2-6-12-16)21-20-23-19(22-15-9-3-1-4-10-15)17-13-7-8-14-18(17)26(20)25-24-21/h2,5-8,11-15H,1,3-4,9-10H2,(H,22,23). The second kappa shape index (κ2) is 7.11. The molecule has 1 aliphatic rings. The van der Waals surface area contributed by atoms with Gasteiger partial charge in [0.1, 0.15) is 5.82 Å². The fourth-order valence-electron chi connectivity index (χ4n) is 3.98. The molecule has 0 aliphatic heterocycles. The van der Waals surface area contributed by atoms with Crippen molar-refractivity contribution in [2.45, 2.75) is 48.1 Å². The number of hydrogen-bond acceptors (Lipinski definition) is 6. The molecule has 2 aromatic heterocycles. The van der Waals surface area contributed by atoms with E-state index < -0.39 is 9.84 Å². The summed E-state index contributed by atoms with van der Waals surface area (Å²) in [5, 5.41) is 12.5. The maximum absolute atomic E-state index is 13.2. The summed E-state index contributed by atoms with van der Waals surface area (Å²) in [6.07, 6.45) is 5.83. The zero-order valence-corrected chi connectivity index (χ0v) is 16.6. The summed E-state index contributed by atoms with van der Waals surface area (Å²) in [7, 11) is -3.83. The van der Waals surface area contributed by atoms with E-state index in [0.29, 0.717) is 11.9 Å². The topological polar surface area (TPSA) is 89.2 Å². The third-order valence-corrected chi connectivity index (χ3v) is 7.14. The number of anilines is 1. The third-order valence-electron chi connectivity index (χ3n) is 5.48. The van der Waals surface area contributed by atoms with Gasteiger partial charge in [-0.05, 0) is 37.1 Å². The van der Waals surface area contributed by atoms with Crippen molar-refractivity contribution in [3.63, 3.8) is 0 Å². The van der Waals surface area contributed by atoms with Gasteiger partial charge in [-0.15, -0.1) is 5.10 Å². The lowest BCUT2D eigenvalue weighted by atomic mass is 9.95. The van der Waals surface area contributed by atoms with Crippen LogP contribution in [0.1, 0.15) is 32.1 Å². The first-order valence-corrected chi connectivity index (χ1v) is 11.3. The van der Waals surface area contributed by atoms with E-state index in [4.69, 9.17) is 4.98 Å². The van der Waals surface area contributed by atoms with Crippen LogP contribution in [-0.4, -0.2) is 34.3 Å². The molecule has 5 rings (SSSR count). The van der Waals surface area contributed by atoms with Gasteiger partial charge in [-0.2, -0.15) is 4.52 Å².